The highest BCUT2D eigenvalue weighted by Gasteiger charge is 2.37. The Morgan fingerprint density at radius 2 is 1.77 bits per heavy atom. The van der Waals surface area contributed by atoms with E-state index in [4.69, 9.17) is 16.3 Å². The van der Waals surface area contributed by atoms with Crippen LogP contribution >= 0.6 is 11.6 Å². The molecule has 0 radical (unpaired) electrons. The smallest absolute Gasteiger partial charge is 0.416 e. The molecule has 3 aromatic carbocycles. The van der Waals surface area contributed by atoms with Crippen molar-refractivity contribution in [2.75, 3.05) is 42.0 Å². The number of fused-ring (bicyclic) bond motifs is 1. The molecule has 0 N–H and O–H groups in total. The van der Waals surface area contributed by atoms with Crippen LogP contribution in [-0.4, -0.2) is 65.5 Å². The molecule has 0 unspecified atom stereocenters. The minimum absolute atomic E-state index is 0.0329. The number of ether oxygens (including phenoxy) is 1. The van der Waals surface area contributed by atoms with Gasteiger partial charge in [0, 0.05) is 25.2 Å². The fourth-order valence-corrected chi connectivity index (χ4v) is 8.39. The largest absolute Gasteiger partial charge is 0.486 e. The Balaban J connectivity index is 1.50. The summed E-state index contributed by atoms with van der Waals surface area (Å²) in [4.78, 5) is 1.42. The minimum atomic E-state index is -4.75. The molecule has 3 aromatic rings. The van der Waals surface area contributed by atoms with Crippen LogP contribution < -0.4 is 9.04 Å². The molecule has 2 aliphatic heterocycles. The van der Waals surface area contributed by atoms with Gasteiger partial charge in [-0.05, 0) is 66.9 Å². The van der Waals surface area contributed by atoms with Crippen LogP contribution in [0.1, 0.15) is 30.0 Å². The molecule has 2 heterocycles. The summed E-state index contributed by atoms with van der Waals surface area (Å²) in [6, 6.07) is 12.6. The van der Waals surface area contributed by atoms with E-state index in [1.807, 2.05) is 4.90 Å². The van der Waals surface area contributed by atoms with Crippen LogP contribution in [0.25, 0.3) is 11.6 Å². The van der Waals surface area contributed by atoms with E-state index in [2.05, 4.69) is 0 Å². The summed E-state index contributed by atoms with van der Waals surface area (Å²) in [5.74, 6) is -0.261. The predicted octanol–water partition coefficient (Wildman–Crippen LogP) is 6.14. The minimum Gasteiger partial charge on any atom is -0.486 e. The first-order valence-corrected chi connectivity index (χ1v) is 17.3. The molecule has 7 nitrogen and oxygen atoms in total. The van der Waals surface area contributed by atoms with Crippen molar-refractivity contribution in [3.8, 4) is 5.75 Å². The summed E-state index contributed by atoms with van der Waals surface area (Å²) in [5.41, 5.74) is 0.156. The maximum absolute atomic E-state index is 14.5. The first kappa shape index (κ1) is 32.3. The SMILES string of the molecule is C/C(=C\c1ccc2c(c1)N(S(=O)(=O)c1cccc(C(F)(F)F)c1)C[C@H](CCN1CCS(=O)(=O)CC1)O2)c1c(F)cccc1Cl. The number of rotatable bonds is 7. The van der Waals surface area contributed by atoms with Gasteiger partial charge in [-0.1, -0.05) is 35.9 Å². The quantitative estimate of drug-likeness (QED) is 0.222. The summed E-state index contributed by atoms with van der Waals surface area (Å²) < 4.78 is 114. The Labute approximate surface area is 258 Å². The topological polar surface area (TPSA) is 84.0 Å². The second kappa shape index (κ2) is 12.3. The molecule has 14 heteroatoms. The van der Waals surface area contributed by atoms with Gasteiger partial charge >= 0.3 is 6.18 Å². The van der Waals surface area contributed by atoms with E-state index in [0.29, 0.717) is 43.3 Å². The molecule has 1 atom stereocenters. The predicted molar refractivity (Wildman–Crippen MR) is 161 cm³/mol. The first-order valence-electron chi connectivity index (χ1n) is 13.7. The lowest BCUT2D eigenvalue weighted by Crippen LogP contribution is -2.46. The Bertz CT molecular complexity index is 1780. The van der Waals surface area contributed by atoms with Crippen molar-refractivity contribution in [2.45, 2.75) is 30.5 Å². The number of benzene rings is 3. The van der Waals surface area contributed by atoms with Crippen molar-refractivity contribution in [3.63, 3.8) is 0 Å². The second-order valence-corrected chi connectivity index (χ2v) is 15.3. The van der Waals surface area contributed by atoms with Gasteiger partial charge in [-0.25, -0.2) is 21.2 Å². The van der Waals surface area contributed by atoms with E-state index >= 15 is 0 Å². The average Bonchev–Trinajstić information content (AvgIpc) is 2.96. The number of hydrogen-bond donors (Lipinski definition) is 0. The molecular formula is C30H29ClF4N2O5S2. The van der Waals surface area contributed by atoms with Gasteiger partial charge in [0.25, 0.3) is 10.0 Å². The molecule has 0 amide bonds. The monoisotopic (exact) mass is 672 g/mol. The van der Waals surface area contributed by atoms with E-state index in [-0.39, 0.29) is 40.1 Å². The van der Waals surface area contributed by atoms with E-state index in [0.717, 1.165) is 22.5 Å². The fraction of sp³-hybridized carbons (Fsp3) is 0.333. The summed E-state index contributed by atoms with van der Waals surface area (Å²) in [6.07, 6.45) is -3.44. The lowest BCUT2D eigenvalue weighted by molar-refractivity contribution is -0.137. The van der Waals surface area contributed by atoms with Gasteiger partial charge in [0.05, 0.1) is 39.2 Å². The highest BCUT2D eigenvalue weighted by Crippen LogP contribution is 2.40. The Kier molecular flexibility index (Phi) is 9.05. The third-order valence-corrected chi connectivity index (χ3v) is 11.3. The van der Waals surface area contributed by atoms with E-state index in [9.17, 15) is 34.4 Å². The number of nitrogens with zero attached hydrogens (tertiary/aromatic N) is 2. The molecule has 0 aromatic heterocycles. The number of hydrogen-bond acceptors (Lipinski definition) is 6. The lowest BCUT2D eigenvalue weighted by Gasteiger charge is -2.37. The summed E-state index contributed by atoms with van der Waals surface area (Å²) in [6.45, 7) is 2.59. The van der Waals surface area contributed by atoms with Gasteiger partial charge in [-0.15, -0.1) is 0 Å². The molecule has 0 spiro atoms. The van der Waals surface area contributed by atoms with Crippen LogP contribution in [-0.2, 0) is 26.0 Å². The molecule has 5 rings (SSSR count). The summed E-state index contributed by atoms with van der Waals surface area (Å²) in [7, 11) is -7.58. The van der Waals surface area contributed by atoms with E-state index in [1.165, 1.54) is 18.2 Å². The van der Waals surface area contributed by atoms with Gasteiger partial charge in [0.1, 0.15) is 17.7 Å². The number of halogens is 5. The third kappa shape index (κ3) is 7.06. The molecule has 0 bridgehead atoms. The normalized spacial score (nSPS) is 19.4. The van der Waals surface area contributed by atoms with Crippen LogP contribution in [0.3, 0.4) is 0 Å². The summed E-state index contributed by atoms with van der Waals surface area (Å²) in [5, 5.41) is 0.197. The van der Waals surface area contributed by atoms with Crippen molar-refractivity contribution in [1.82, 2.24) is 4.90 Å². The lowest BCUT2D eigenvalue weighted by atomic mass is 10.0. The number of sulfonamides is 1. The average molecular weight is 673 g/mol. The maximum atomic E-state index is 14.5. The number of anilines is 1. The zero-order valence-corrected chi connectivity index (χ0v) is 25.9. The Hall–Kier alpha value is -3.13. The highest BCUT2D eigenvalue weighted by atomic mass is 35.5. The van der Waals surface area contributed by atoms with Crippen LogP contribution in [0.4, 0.5) is 23.2 Å². The Morgan fingerprint density at radius 3 is 2.45 bits per heavy atom. The molecule has 0 saturated carbocycles. The van der Waals surface area contributed by atoms with Gasteiger partial charge in [0.2, 0.25) is 0 Å². The van der Waals surface area contributed by atoms with Gasteiger partial charge in [0.15, 0.2) is 9.84 Å². The zero-order valence-electron chi connectivity index (χ0n) is 23.5. The standard InChI is InChI=1S/C30H29ClF4N2O5S2/c1-20(29-25(31)6-3-7-26(29)32)16-21-8-9-28-27(17-21)37(44(40,41)24-5-2-4-22(18-24)30(33,34)35)19-23(42-28)10-11-36-12-14-43(38,39)15-13-36/h2-9,16-18,23H,10-15,19H2,1H3/b20-16+/t23-/m0/s1. The number of sulfone groups is 1. The second-order valence-electron chi connectivity index (χ2n) is 10.7. The highest BCUT2D eigenvalue weighted by molar-refractivity contribution is 7.93. The van der Waals surface area contributed by atoms with Crippen molar-refractivity contribution in [2.24, 2.45) is 0 Å². The fourth-order valence-electron chi connectivity index (χ4n) is 5.25. The van der Waals surface area contributed by atoms with E-state index in [1.54, 1.807) is 31.2 Å². The van der Waals surface area contributed by atoms with Crippen LogP contribution in [0, 0.1) is 5.82 Å². The van der Waals surface area contributed by atoms with Crippen molar-refractivity contribution >= 4 is 48.8 Å². The number of allylic oxidation sites excluding steroid dienone is 1. The molecule has 0 aliphatic carbocycles. The van der Waals surface area contributed by atoms with Crippen molar-refractivity contribution in [3.05, 3.63) is 88.2 Å². The van der Waals surface area contributed by atoms with Gasteiger partial charge in [-0.3, -0.25) is 4.31 Å². The van der Waals surface area contributed by atoms with Crippen molar-refractivity contribution in [1.29, 1.82) is 0 Å². The molecule has 44 heavy (non-hydrogen) atoms. The Morgan fingerprint density at radius 1 is 1.07 bits per heavy atom. The molecule has 1 fully saturated rings. The van der Waals surface area contributed by atoms with Crippen molar-refractivity contribution < 1.29 is 39.1 Å². The molecule has 1 saturated heterocycles. The van der Waals surface area contributed by atoms with Gasteiger partial charge < -0.3 is 9.64 Å². The maximum Gasteiger partial charge on any atom is 0.416 e. The van der Waals surface area contributed by atoms with E-state index < -0.39 is 48.4 Å². The zero-order chi connectivity index (χ0) is 31.9. The molecule has 2 aliphatic rings. The summed E-state index contributed by atoms with van der Waals surface area (Å²) >= 11 is 6.22. The molecular weight excluding hydrogens is 644 g/mol. The van der Waals surface area contributed by atoms with Gasteiger partial charge in [-0.2, -0.15) is 13.2 Å². The third-order valence-electron chi connectivity index (χ3n) is 7.61. The first-order chi connectivity index (χ1) is 20.6. The number of alkyl halides is 3. The van der Waals surface area contributed by atoms with Crippen LogP contribution in [0.15, 0.2) is 65.6 Å². The van der Waals surface area contributed by atoms with Crippen LogP contribution in [0.2, 0.25) is 5.02 Å². The molecule has 236 valence electrons. The van der Waals surface area contributed by atoms with Crippen LogP contribution in [0.5, 0.6) is 5.75 Å².